The lowest BCUT2D eigenvalue weighted by molar-refractivity contribution is 0.419. The van der Waals surface area contributed by atoms with Crippen molar-refractivity contribution in [1.29, 1.82) is 5.26 Å². The number of aromatic nitrogens is 2. The zero-order valence-corrected chi connectivity index (χ0v) is 16.4. The number of rotatable bonds is 5. The summed E-state index contributed by atoms with van der Waals surface area (Å²) in [5.74, 6) is 1.44. The number of halogens is 1. The van der Waals surface area contributed by atoms with Gasteiger partial charge in [0.1, 0.15) is 5.82 Å². The molecule has 0 amide bonds. The highest BCUT2D eigenvalue weighted by atomic mass is 35.5. The normalized spacial score (nSPS) is 23.9. The minimum atomic E-state index is 0.198. The molecule has 5 rings (SSSR count). The first kappa shape index (κ1) is 17.7. The van der Waals surface area contributed by atoms with Gasteiger partial charge in [-0.1, -0.05) is 11.6 Å². The molecule has 4 N–H and O–H groups in total. The highest BCUT2D eigenvalue weighted by Gasteiger charge is 2.40. The fraction of sp³-hybridized carbons (Fsp3) is 0.500. The van der Waals surface area contributed by atoms with Crippen LogP contribution in [0.2, 0.25) is 5.02 Å². The number of imidazole rings is 1. The van der Waals surface area contributed by atoms with Crippen LogP contribution in [-0.4, -0.2) is 41.2 Å². The summed E-state index contributed by atoms with van der Waals surface area (Å²) in [5.41, 5.74) is 2.40. The van der Waals surface area contributed by atoms with Gasteiger partial charge in [0.05, 0.1) is 28.0 Å². The molecule has 2 aliphatic heterocycles. The van der Waals surface area contributed by atoms with Crippen LogP contribution in [-0.2, 0) is 0 Å². The molecule has 1 aromatic carbocycles. The van der Waals surface area contributed by atoms with Crippen LogP contribution in [0.15, 0.2) is 18.3 Å². The van der Waals surface area contributed by atoms with E-state index in [1.807, 2.05) is 12.3 Å². The van der Waals surface area contributed by atoms with Crippen molar-refractivity contribution in [3.05, 3.63) is 28.9 Å². The highest BCUT2D eigenvalue weighted by molar-refractivity contribution is 6.36. The first-order chi connectivity index (χ1) is 13.6. The third-order valence-corrected chi connectivity index (χ3v) is 6.37. The van der Waals surface area contributed by atoms with E-state index in [0.717, 1.165) is 37.6 Å². The van der Waals surface area contributed by atoms with Crippen molar-refractivity contribution in [2.45, 2.75) is 43.7 Å². The average Bonchev–Trinajstić information content (AvgIpc) is 3.09. The molecular formula is C20H24ClN7. The van der Waals surface area contributed by atoms with Crippen LogP contribution in [0.3, 0.4) is 0 Å². The lowest BCUT2D eigenvalue weighted by Crippen LogP contribution is -2.42. The van der Waals surface area contributed by atoms with Crippen LogP contribution < -0.4 is 20.9 Å². The van der Waals surface area contributed by atoms with Gasteiger partial charge in [-0.25, -0.2) is 0 Å². The number of aromatic amines is 1. The Bertz CT molecular complexity index is 921. The number of hydrogen-bond acceptors (Lipinski definition) is 6. The fourth-order valence-electron chi connectivity index (χ4n) is 4.31. The molecule has 8 heteroatoms. The molecule has 2 saturated heterocycles. The van der Waals surface area contributed by atoms with E-state index in [9.17, 15) is 5.26 Å². The number of benzene rings is 1. The fourth-order valence-corrected chi connectivity index (χ4v) is 4.59. The van der Waals surface area contributed by atoms with E-state index in [2.05, 4.69) is 36.9 Å². The van der Waals surface area contributed by atoms with Crippen molar-refractivity contribution < 1.29 is 0 Å². The third kappa shape index (κ3) is 3.38. The van der Waals surface area contributed by atoms with Crippen LogP contribution in [0.4, 0.5) is 23.1 Å². The maximum Gasteiger partial charge on any atom is 0.206 e. The summed E-state index contributed by atoms with van der Waals surface area (Å²) in [4.78, 5) is 9.96. The largest absolute Gasteiger partial charge is 0.368 e. The van der Waals surface area contributed by atoms with Crippen LogP contribution in [0.5, 0.6) is 0 Å². The molecule has 28 heavy (non-hydrogen) atoms. The van der Waals surface area contributed by atoms with E-state index in [1.165, 1.54) is 25.7 Å². The van der Waals surface area contributed by atoms with Gasteiger partial charge in [-0.3, -0.25) is 0 Å². The van der Waals surface area contributed by atoms with Gasteiger partial charge in [-0.05, 0) is 50.8 Å². The Morgan fingerprint density at radius 1 is 1.32 bits per heavy atom. The van der Waals surface area contributed by atoms with E-state index in [4.69, 9.17) is 11.6 Å². The summed E-state index contributed by atoms with van der Waals surface area (Å²) in [5, 5.41) is 20.4. The second-order valence-corrected chi connectivity index (χ2v) is 8.51. The molecule has 3 fully saturated rings. The van der Waals surface area contributed by atoms with Gasteiger partial charge in [0, 0.05) is 30.9 Å². The zero-order chi connectivity index (χ0) is 19.1. The van der Waals surface area contributed by atoms with Crippen LogP contribution >= 0.6 is 11.6 Å². The lowest BCUT2D eigenvalue weighted by atomic mass is 9.97. The first-order valence-electron chi connectivity index (χ1n) is 9.97. The van der Waals surface area contributed by atoms with Gasteiger partial charge in [-0.15, -0.1) is 0 Å². The van der Waals surface area contributed by atoms with Crippen molar-refractivity contribution in [3.63, 3.8) is 0 Å². The molecule has 146 valence electrons. The Hall–Kier alpha value is -2.43. The Morgan fingerprint density at radius 2 is 2.21 bits per heavy atom. The lowest BCUT2D eigenvalue weighted by Gasteiger charge is -2.26. The van der Waals surface area contributed by atoms with Gasteiger partial charge in [0.25, 0.3) is 0 Å². The number of anilines is 4. The molecule has 0 bridgehead atoms. The van der Waals surface area contributed by atoms with E-state index in [1.54, 1.807) is 6.07 Å². The van der Waals surface area contributed by atoms with Gasteiger partial charge in [-0.2, -0.15) is 10.2 Å². The monoisotopic (exact) mass is 397 g/mol. The number of nitrogens with one attached hydrogen (secondary N) is 4. The average molecular weight is 398 g/mol. The first-order valence-corrected chi connectivity index (χ1v) is 10.3. The Kier molecular flexibility index (Phi) is 4.33. The summed E-state index contributed by atoms with van der Waals surface area (Å²) in [7, 11) is 0. The second-order valence-electron chi connectivity index (χ2n) is 8.13. The third-order valence-electron chi connectivity index (χ3n) is 5.97. The molecule has 0 radical (unpaired) electrons. The standard InChI is InChI=1S/C20H24ClN7/c21-18-15(26-19-23-11-17(27-19)25-14-2-3-14)8-13(10-22)9-16(18)28-7-5-20(12-28)4-1-6-24-20/h8-9,11,14,24-25H,1-7,12H2,(H2,23,26,27). The summed E-state index contributed by atoms with van der Waals surface area (Å²) in [6.45, 7) is 2.96. The van der Waals surface area contributed by atoms with Gasteiger partial charge < -0.3 is 25.8 Å². The van der Waals surface area contributed by atoms with E-state index < -0.39 is 0 Å². The summed E-state index contributed by atoms with van der Waals surface area (Å²) in [6, 6.07) is 6.47. The van der Waals surface area contributed by atoms with Gasteiger partial charge in [0.2, 0.25) is 5.95 Å². The van der Waals surface area contributed by atoms with Gasteiger partial charge in [0.15, 0.2) is 0 Å². The summed E-state index contributed by atoms with van der Waals surface area (Å²) >= 11 is 6.77. The predicted octanol–water partition coefficient (Wildman–Crippen LogP) is 3.58. The molecule has 3 heterocycles. The quantitative estimate of drug-likeness (QED) is 0.616. The number of nitriles is 1. The second kappa shape index (κ2) is 6.87. The molecule has 1 aromatic heterocycles. The molecule has 3 aliphatic rings. The van der Waals surface area contributed by atoms with Crippen molar-refractivity contribution in [2.24, 2.45) is 0 Å². The minimum Gasteiger partial charge on any atom is -0.368 e. The molecule has 1 spiro atoms. The molecule has 7 nitrogen and oxygen atoms in total. The Labute approximate surface area is 169 Å². The number of nitrogens with zero attached hydrogens (tertiary/aromatic N) is 3. The Morgan fingerprint density at radius 3 is 2.96 bits per heavy atom. The molecular weight excluding hydrogens is 374 g/mol. The van der Waals surface area contributed by atoms with E-state index in [-0.39, 0.29) is 5.54 Å². The van der Waals surface area contributed by atoms with Crippen LogP contribution in [0.25, 0.3) is 0 Å². The molecule has 2 aromatic rings. The van der Waals surface area contributed by atoms with E-state index in [0.29, 0.717) is 28.3 Å². The highest BCUT2D eigenvalue weighted by Crippen LogP contribution is 2.40. The topological polar surface area (TPSA) is 91.8 Å². The number of hydrogen-bond donors (Lipinski definition) is 4. The summed E-state index contributed by atoms with van der Waals surface area (Å²) < 4.78 is 0. The Balaban J connectivity index is 1.39. The van der Waals surface area contributed by atoms with Gasteiger partial charge >= 0.3 is 0 Å². The van der Waals surface area contributed by atoms with Crippen LogP contribution in [0.1, 0.15) is 37.7 Å². The molecule has 1 saturated carbocycles. The van der Waals surface area contributed by atoms with Crippen molar-refractivity contribution in [1.82, 2.24) is 15.3 Å². The SMILES string of the molecule is N#Cc1cc(Nc2nc(NC3CC3)c[nH]2)c(Cl)c(N2CCC3(CCCN3)C2)c1. The zero-order valence-electron chi connectivity index (χ0n) is 15.7. The van der Waals surface area contributed by atoms with Crippen LogP contribution in [0, 0.1) is 11.3 Å². The molecule has 1 unspecified atom stereocenters. The van der Waals surface area contributed by atoms with Crippen molar-refractivity contribution in [3.8, 4) is 6.07 Å². The smallest absolute Gasteiger partial charge is 0.206 e. The molecule has 1 aliphatic carbocycles. The van der Waals surface area contributed by atoms with Crippen molar-refractivity contribution in [2.75, 3.05) is 35.2 Å². The van der Waals surface area contributed by atoms with E-state index >= 15 is 0 Å². The maximum atomic E-state index is 9.52. The summed E-state index contributed by atoms with van der Waals surface area (Å²) in [6.07, 6.45) is 7.77. The van der Waals surface area contributed by atoms with Crippen molar-refractivity contribution >= 4 is 34.7 Å². The predicted molar refractivity (Wildman–Crippen MR) is 111 cm³/mol. The maximum absolute atomic E-state index is 9.52. The minimum absolute atomic E-state index is 0.198. The number of H-pyrrole nitrogens is 1. The molecule has 1 atom stereocenters.